The van der Waals surface area contributed by atoms with Crippen LogP contribution in [0, 0.1) is 50.7 Å². The van der Waals surface area contributed by atoms with Crippen molar-refractivity contribution in [1.82, 2.24) is 5.16 Å². The quantitative estimate of drug-likeness (QED) is 0.380. The summed E-state index contributed by atoms with van der Waals surface area (Å²) in [5.74, 6) is 2.22. The molecule has 5 heteroatoms. The minimum atomic E-state index is -0.500. The largest absolute Gasteiger partial charge is 0.466 e. The third-order valence-corrected chi connectivity index (χ3v) is 13.6. The van der Waals surface area contributed by atoms with Crippen LogP contribution in [-0.4, -0.2) is 23.5 Å². The van der Waals surface area contributed by atoms with E-state index in [1.807, 2.05) is 13.1 Å². The molecule has 0 unspecified atom stereocenters. The molecule has 1 heterocycles. The zero-order valence-corrected chi connectivity index (χ0v) is 25.0. The van der Waals surface area contributed by atoms with Crippen LogP contribution in [0.15, 0.2) is 10.7 Å². The van der Waals surface area contributed by atoms with Gasteiger partial charge in [-0.2, -0.15) is 0 Å². The highest BCUT2D eigenvalue weighted by Crippen LogP contribution is 2.76. The van der Waals surface area contributed by atoms with Gasteiger partial charge >= 0.3 is 5.97 Å². The highest BCUT2D eigenvalue weighted by atomic mass is 16.5. The summed E-state index contributed by atoms with van der Waals surface area (Å²) in [5.41, 5.74) is 0.716. The number of nitrogens with zero attached hydrogens (tertiary/aromatic N) is 1. The third kappa shape index (κ3) is 3.14. The van der Waals surface area contributed by atoms with E-state index in [1.165, 1.54) is 5.56 Å². The summed E-state index contributed by atoms with van der Waals surface area (Å²) < 4.78 is 11.6. The van der Waals surface area contributed by atoms with Crippen LogP contribution in [0.2, 0.25) is 0 Å². The molecule has 0 spiro atoms. The number of esters is 1. The number of hydrogen-bond donors (Lipinski definition) is 0. The van der Waals surface area contributed by atoms with Gasteiger partial charge in [0.25, 0.3) is 0 Å². The van der Waals surface area contributed by atoms with Gasteiger partial charge in [-0.1, -0.05) is 53.6 Å². The van der Waals surface area contributed by atoms with Gasteiger partial charge in [0.05, 0.1) is 18.2 Å². The van der Waals surface area contributed by atoms with E-state index in [-0.39, 0.29) is 44.9 Å². The van der Waals surface area contributed by atoms with E-state index < -0.39 is 5.41 Å². The number of ketones is 1. The van der Waals surface area contributed by atoms with E-state index in [4.69, 9.17) is 9.26 Å². The average molecular weight is 524 g/mol. The van der Waals surface area contributed by atoms with Crippen molar-refractivity contribution in [3.63, 3.8) is 0 Å². The summed E-state index contributed by atoms with van der Waals surface area (Å²) in [5, 5.41) is 4.22. The zero-order chi connectivity index (χ0) is 27.5. The van der Waals surface area contributed by atoms with Crippen LogP contribution in [0.3, 0.4) is 0 Å². The van der Waals surface area contributed by atoms with Crippen LogP contribution in [0.25, 0.3) is 0 Å². The number of ether oxygens (including phenoxy) is 1. The molecule has 1 aromatic heterocycles. The highest BCUT2D eigenvalue weighted by molar-refractivity contribution is 5.87. The second-order valence-corrected chi connectivity index (χ2v) is 16.1. The number of rotatable bonds is 2. The van der Waals surface area contributed by atoms with E-state index in [1.54, 1.807) is 0 Å². The van der Waals surface area contributed by atoms with E-state index in [0.717, 1.165) is 57.1 Å². The van der Waals surface area contributed by atoms with Gasteiger partial charge in [0.15, 0.2) is 0 Å². The summed E-state index contributed by atoms with van der Waals surface area (Å²) >= 11 is 0. The lowest BCUT2D eigenvalue weighted by molar-refractivity contribution is -0.232. The monoisotopic (exact) mass is 523 g/mol. The summed E-state index contributed by atoms with van der Waals surface area (Å²) in [4.78, 5) is 28.3. The number of hydrogen-bond acceptors (Lipinski definition) is 5. The molecule has 1 aromatic rings. The molecule has 6 rings (SSSR count). The number of Topliss-reactive ketones (excluding diaryl/α,β-unsaturated/α-hetero) is 1. The predicted molar refractivity (Wildman–Crippen MR) is 146 cm³/mol. The molecule has 4 saturated carbocycles. The first-order valence-electron chi connectivity index (χ1n) is 15.3. The molecule has 5 aliphatic rings. The maximum absolute atomic E-state index is 14.6. The van der Waals surface area contributed by atoms with Crippen LogP contribution in [-0.2, 0) is 26.2 Å². The molecule has 0 saturated heterocycles. The molecule has 0 amide bonds. The lowest BCUT2D eigenvalue weighted by atomic mass is 9.31. The van der Waals surface area contributed by atoms with Gasteiger partial charge in [-0.05, 0) is 97.7 Å². The number of aromatic nitrogens is 1. The Morgan fingerprint density at radius 1 is 1.00 bits per heavy atom. The second-order valence-electron chi connectivity index (χ2n) is 16.1. The molecular formula is C33H49NO4. The normalized spacial score (nSPS) is 46.6. The topological polar surface area (TPSA) is 69.4 Å². The molecule has 0 aliphatic heterocycles. The molecule has 210 valence electrons. The molecule has 0 aromatic carbocycles. The van der Waals surface area contributed by atoms with Crippen molar-refractivity contribution in [3.05, 3.63) is 17.5 Å². The van der Waals surface area contributed by atoms with Gasteiger partial charge in [-0.25, -0.2) is 0 Å². The molecule has 0 bridgehead atoms. The Labute approximate surface area is 229 Å². The first-order valence-corrected chi connectivity index (χ1v) is 15.3. The summed E-state index contributed by atoms with van der Waals surface area (Å²) in [6, 6.07) is 0. The molecule has 5 nitrogen and oxygen atoms in total. The fourth-order valence-corrected chi connectivity index (χ4v) is 11.6. The summed E-state index contributed by atoms with van der Waals surface area (Å²) in [6.07, 6.45) is 10.4. The minimum absolute atomic E-state index is 0.0141. The van der Waals surface area contributed by atoms with Crippen molar-refractivity contribution < 1.29 is 18.8 Å². The van der Waals surface area contributed by atoms with Crippen molar-refractivity contribution in [2.24, 2.45) is 50.7 Å². The van der Waals surface area contributed by atoms with Gasteiger partial charge in [0.1, 0.15) is 11.5 Å². The Balaban J connectivity index is 1.45. The van der Waals surface area contributed by atoms with Crippen molar-refractivity contribution in [2.75, 3.05) is 6.61 Å². The highest BCUT2D eigenvalue weighted by Gasteiger charge is 2.73. The molecule has 0 radical (unpaired) electrons. The molecule has 0 N–H and O–H groups in total. The SMILES string of the molecule is CCOC(=O)[C@]12CCC(C)(C)C[C@H]1[C@H]1C(=O)C[C@@H]3[C@@]4(C)Cc5cnoc5C(C)(C)[C@@H]4CC[C@@]3(C)[C@]1(C)CC2. The number of fused-ring (bicyclic) bond motifs is 8. The standard InChI is InChI=1S/C33H49NO4/c1-9-37-27(36)33-14-12-28(2,3)18-21(33)25-22(35)16-24-30(6)17-20-19-34-38-26(20)29(4,5)23(30)10-11-31(24,7)32(25,8)13-15-33/h19,21,23-25H,9-18H2,1-8H3/t21-,23-,24+,25-,30-,31+,32+,33-/m0/s1. The Kier molecular flexibility index (Phi) is 5.57. The fraction of sp³-hybridized carbons (Fsp3) is 0.848. The minimum Gasteiger partial charge on any atom is -0.466 e. The van der Waals surface area contributed by atoms with Gasteiger partial charge in [0.2, 0.25) is 0 Å². The van der Waals surface area contributed by atoms with E-state index in [9.17, 15) is 9.59 Å². The lowest BCUT2D eigenvalue weighted by Crippen LogP contribution is -2.69. The first kappa shape index (κ1) is 26.6. The number of carbonyl (C=O) groups is 2. The predicted octanol–water partition coefficient (Wildman–Crippen LogP) is 7.31. The summed E-state index contributed by atoms with van der Waals surface area (Å²) in [7, 11) is 0. The number of carbonyl (C=O) groups excluding carboxylic acids is 2. The zero-order valence-electron chi connectivity index (χ0n) is 25.0. The summed E-state index contributed by atoms with van der Waals surface area (Å²) in [6.45, 7) is 19.1. The molecular weight excluding hydrogens is 474 g/mol. The molecule has 4 fully saturated rings. The lowest BCUT2D eigenvalue weighted by Gasteiger charge is -2.72. The van der Waals surface area contributed by atoms with Crippen molar-refractivity contribution in [2.45, 2.75) is 119 Å². The maximum Gasteiger partial charge on any atom is 0.312 e. The van der Waals surface area contributed by atoms with Crippen LogP contribution >= 0.6 is 0 Å². The van der Waals surface area contributed by atoms with E-state index >= 15 is 0 Å². The third-order valence-electron chi connectivity index (χ3n) is 13.6. The first-order chi connectivity index (χ1) is 17.7. The van der Waals surface area contributed by atoms with Gasteiger partial charge in [-0.3, -0.25) is 9.59 Å². The smallest absolute Gasteiger partial charge is 0.312 e. The van der Waals surface area contributed by atoms with Crippen LogP contribution in [0.4, 0.5) is 0 Å². The molecule has 8 atom stereocenters. The van der Waals surface area contributed by atoms with Gasteiger partial charge in [0, 0.05) is 23.3 Å². The Hall–Kier alpha value is -1.65. The Bertz CT molecular complexity index is 1170. The van der Waals surface area contributed by atoms with Crippen LogP contribution in [0.5, 0.6) is 0 Å². The Morgan fingerprint density at radius 3 is 2.42 bits per heavy atom. The average Bonchev–Trinajstić information content (AvgIpc) is 3.29. The molecule has 38 heavy (non-hydrogen) atoms. The van der Waals surface area contributed by atoms with Crippen molar-refractivity contribution in [3.8, 4) is 0 Å². The molecule has 5 aliphatic carbocycles. The van der Waals surface area contributed by atoms with Gasteiger partial charge < -0.3 is 9.26 Å². The van der Waals surface area contributed by atoms with Crippen LogP contribution < -0.4 is 0 Å². The second kappa shape index (κ2) is 7.97. The van der Waals surface area contributed by atoms with E-state index in [0.29, 0.717) is 30.6 Å². The van der Waals surface area contributed by atoms with Crippen molar-refractivity contribution in [1.29, 1.82) is 0 Å². The maximum atomic E-state index is 14.6. The van der Waals surface area contributed by atoms with Crippen molar-refractivity contribution >= 4 is 11.8 Å². The van der Waals surface area contributed by atoms with E-state index in [2.05, 4.69) is 53.6 Å². The van der Waals surface area contributed by atoms with Gasteiger partial charge in [-0.15, -0.1) is 0 Å². The van der Waals surface area contributed by atoms with Crippen LogP contribution in [0.1, 0.15) is 118 Å². The fourth-order valence-electron chi connectivity index (χ4n) is 11.6. The Morgan fingerprint density at radius 2 is 1.71 bits per heavy atom.